The van der Waals surface area contributed by atoms with E-state index in [1.807, 2.05) is 0 Å². The van der Waals surface area contributed by atoms with Gasteiger partial charge in [0.25, 0.3) is 0 Å². The van der Waals surface area contributed by atoms with Gasteiger partial charge in [0.05, 0.1) is 7.11 Å². The number of nitrogens with two attached hydrogens (primary N) is 1. The molecule has 1 aromatic carbocycles. The Balaban J connectivity index is 2.03. The minimum Gasteiger partial charge on any atom is -0.496 e. The van der Waals surface area contributed by atoms with Crippen molar-refractivity contribution in [2.24, 2.45) is 5.73 Å². The molecule has 4 heteroatoms. The fourth-order valence-electron chi connectivity index (χ4n) is 2.65. The van der Waals surface area contributed by atoms with E-state index < -0.39 is 0 Å². The van der Waals surface area contributed by atoms with Crippen molar-refractivity contribution in [3.63, 3.8) is 0 Å². The average molecular weight is 263 g/mol. The average Bonchev–Trinajstić information content (AvgIpc) is 2.47. The molecule has 1 aromatic rings. The largest absolute Gasteiger partial charge is 0.496 e. The molecule has 0 unspecified atom stereocenters. The van der Waals surface area contributed by atoms with Crippen LogP contribution in [0.3, 0.4) is 0 Å². The van der Waals surface area contributed by atoms with Gasteiger partial charge in [-0.1, -0.05) is 6.92 Å². The molecule has 1 fully saturated rings. The number of nitrogens with zero attached hydrogens (tertiary/aromatic N) is 2. The molecule has 0 aliphatic carbocycles. The molecule has 2 rings (SSSR count). The highest BCUT2D eigenvalue weighted by molar-refractivity contribution is 5.53. The molecule has 0 aromatic heterocycles. The van der Waals surface area contributed by atoms with Gasteiger partial charge >= 0.3 is 0 Å². The normalized spacial score (nSPS) is 16.7. The van der Waals surface area contributed by atoms with Crippen LogP contribution in [0.1, 0.15) is 12.5 Å². The van der Waals surface area contributed by atoms with E-state index in [-0.39, 0.29) is 0 Å². The summed E-state index contributed by atoms with van der Waals surface area (Å²) in [5, 5.41) is 0. The number of hydrogen-bond acceptors (Lipinski definition) is 4. The summed E-state index contributed by atoms with van der Waals surface area (Å²) in [6, 6.07) is 6.51. The zero-order valence-corrected chi connectivity index (χ0v) is 12.1. The number of anilines is 1. The van der Waals surface area contributed by atoms with E-state index in [4.69, 9.17) is 10.5 Å². The predicted molar refractivity (Wildman–Crippen MR) is 80.1 cm³/mol. The number of piperazine rings is 1. The van der Waals surface area contributed by atoms with Crippen molar-refractivity contribution in [2.45, 2.75) is 13.3 Å². The number of methoxy groups -OCH3 is 1. The van der Waals surface area contributed by atoms with Crippen LogP contribution in [0, 0.1) is 0 Å². The van der Waals surface area contributed by atoms with Crippen LogP contribution in [0.2, 0.25) is 0 Å². The maximum Gasteiger partial charge on any atom is 0.122 e. The Hall–Kier alpha value is -1.26. The van der Waals surface area contributed by atoms with Crippen LogP contribution in [0.5, 0.6) is 5.75 Å². The van der Waals surface area contributed by atoms with Crippen molar-refractivity contribution >= 4 is 5.69 Å². The summed E-state index contributed by atoms with van der Waals surface area (Å²) < 4.78 is 5.39. The van der Waals surface area contributed by atoms with E-state index in [1.165, 1.54) is 11.3 Å². The SMILES string of the molecule is CCc1cc(N2CCN(CCN)CC2)ccc1OC. The van der Waals surface area contributed by atoms with E-state index in [1.54, 1.807) is 7.11 Å². The van der Waals surface area contributed by atoms with E-state index in [9.17, 15) is 0 Å². The van der Waals surface area contributed by atoms with Crippen LogP contribution in [0.15, 0.2) is 18.2 Å². The molecule has 0 atom stereocenters. The predicted octanol–water partition coefficient (Wildman–Crippen LogP) is 1.34. The van der Waals surface area contributed by atoms with E-state index in [0.29, 0.717) is 0 Å². The van der Waals surface area contributed by atoms with Crippen LogP contribution in [0.25, 0.3) is 0 Å². The first-order valence-electron chi connectivity index (χ1n) is 7.12. The van der Waals surface area contributed by atoms with Gasteiger partial charge in [-0.2, -0.15) is 0 Å². The van der Waals surface area contributed by atoms with Gasteiger partial charge in [-0.15, -0.1) is 0 Å². The molecule has 0 radical (unpaired) electrons. The highest BCUT2D eigenvalue weighted by atomic mass is 16.5. The second kappa shape index (κ2) is 6.78. The molecule has 4 nitrogen and oxygen atoms in total. The van der Waals surface area contributed by atoms with Crippen molar-refractivity contribution in [1.29, 1.82) is 0 Å². The van der Waals surface area contributed by atoms with Gasteiger partial charge in [0, 0.05) is 45.0 Å². The number of aryl methyl sites for hydroxylation is 1. The lowest BCUT2D eigenvalue weighted by molar-refractivity contribution is 0.265. The molecule has 0 saturated carbocycles. The molecule has 1 heterocycles. The first-order valence-corrected chi connectivity index (χ1v) is 7.12. The summed E-state index contributed by atoms with van der Waals surface area (Å²) in [6.07, 6.45) is 1.00. The summed E-state index contributed by atoms with van der Waals surface area (Å²) in [7, 11) is 1.74. The molecule has 0 bridgehead atoms. The second-order valence-electron chi connectivity index (χ2n) is 4.97. The van der Waals surface area contributed by atoms with Crippen molar-refractivity contribution in [3.8, 4) is 5.75 Å². The quantitative estimate of drug-likeness (QED) is 0.870. The third kappa shape index (κ3) is 3.39. The molecular formula is C15H25N3O. The van der Waals surface area contributed by atoms with Crippen LogP contribution in [-0.2, 0) is 6.42 Å². The molecule has 19 heavy (non-hydrogen) atoms. The molecular weight excluding hydrogens is 238 g/mol. The first kappa shape index (κ1) is 14.2. The third-order valence-corrected chi connectivity index (χ3v) is 3.83. The van der Waals surface area contributed by atoms with Crippen LogP contribution in [0.4, 0.5) is 5.69 Å². The smallest absolute Gasteiger partial charge is 0.122 e. The van der Waals surface area contributed by atoms with Gasteiger partial charge < -0.3 is 15.4 Å². The van der Waals surface area contributed by atoms with Crippen molar-refractivity contribution in [3.05, 3.63) is 23.8 Å². The van der Waals surface area contributed by atoms with Crippen molar-refractivity contribution < 1.29 is 4.74 Å². The van der Waals surface area contributed by atoms with Gasteiger partial charge in [-0.3, -0.25) is 4.90 Å². The maximum atomic E-state index is 5.61. The zero-order valence-electron chi connectivity index (χ0n) is 12.1. The Morgan fingerprint density at radius 3 is 2.53 bits per heavy atom. The summed E-state index contributed by atoms with van der Waals surface area (Å²) in [5.74, 6) is 0.994. The summed E-state index contributed by atoms with van der Waals surface area (Å²) in [5.41, 5.74) is 8.20. The highest BCUT2D eigenvalue weighted by Crippen LogP contribution is 2.26. The second-order valence-corrected chi connectivity index (χ2v) is 4.97. The third-order valence-electron chi connectivity index (χ3n) is 3.83. The monoisotopic (exact) mass is 263 g/mol. The minimum atomic E-state index is 0.752. The Morgan fingerprint density at radius 2 is 1.95 bits per heavy atom. The molecule has 2 N–H and O–H groups in total. The van der Waals surface area contributed by atoms with Crippen molar-refractivity contribution in [1.82, 2.24) is 4.90 Å². The number of hydrogen-bond donors (Lipinski definition) is 1. The molecule has 0 amide bonds. The Morgan fingerprint density at radius 1 is 1.21 bits per heavy atom. The summed E-state index contributed by atoms with van der Waals surface area (Å²) >= 11 is 0. The molecule has 106 valence electrons. The Kier molecular flexibility index (Phi) is 5.05. The summed E-state index contributed by atoms with van der Waals surface area (Å²) in [4.78, 5) is 4.88. The van der Waals surface area contributed by atoms with Gasteiger partial charge in [0.1, 0.15) is 5.75 Å². The van der Waals surface area contributed by atoms with Crippen LogP contribution < -0.4 is 15.4 Å². The zero-order chi connectivity index (χ0) is 13.7. The lowest BCUT2D eigenvalue weighted by atomic mass is 10.1. The number of rotatable bonds is 5. The minimum absolute atomic E-state index is 0.752. The topological polar surface area (TPSA) is 41.7 Å². The molecule has 1 saturated heterocycles. The van der Waals surface area contributed by atoms with Crippen LogP contribution in [-0.4, -0.2) is 51.3 Å². The van der Waals surface area contributed by atoms with Gasteiger partial charge in [0.2, 0.25) is 0 Å². The summed E-state index contributed by atoms with van der Waals surface area (Å²) in [6.45, 7) is 8.29. The molecule has 1 aliphatic rings. The lowest BCUT2D eigenvalue weighted by Crippen LogP contribution is -2.47. The standard InChI is InChI=1S/C15H25N3O/c1-3-13-12-14(4-5-15(13)19-2)18-10-8-17(7-6-16)9-11-18/h4-5,12H,3,6-11,16H2,1-2H3. The number of benzene rings is 1. The van der Waals surface area contributed by atoms with E-state index >= 15 is 0 Å². The van der Waals surface area contributed by atoms with E-state index in [2.05, 4.69) is 34.9 Å². The van der Waals surface area contributed by atoms with Gasteiger partial charge in [0.15, 0.2) is 0 Å². The first-order chi connectivity index (χ1) is 9.28. The molecule has 0 spiro atoms. The Bertz CT molecular complexity index is 400. The highest BCUT2D eigenvalue weighted by Gasteiger charge is 2.17. The van der Waals surface area contributed by atoms with Crippen molar-refractivity contribution in [2.75, 3.05) is 51.3 Å². The van der Waals surface area contributed by atoms with Gasteiger partial charge in [-0.05, 0) is 30.2 Å². The Labute approximate surface area is 116 Å². The van der Waals surface area contributed by atoms with E-state index in [0.717, 1.165) is 51.4 Å². The van der Waals surface area contributed by atoms with Crippen LogP contribution >= 0.6 is 0 Å². The fraction of sp³-hybridized carbons (Fsp3) is 0.600. The van der Waals surface area contributed by atoms with Gasteiger partial charge in [-0.25, -0.2) is 0 Å². The molecule has 1 aliphatic heterocycles. The number of ether oxygens (including phenoxy) is 1. The lowest BCUT2D eigenvalue weighted by Gasteiger charge is -2.36. The maximum absolute atomic E-state index is 5.61. The fourth-order valence-corrected chi connectivity index (χ4v) is 2.65.